The first-order chi connectivity index (χ1) is 9.13. The summed E-state index contributed by atoms with van der Waals surface area (Å²) in [5.74, 6) is 1.22. The van der Waals surface area contributed by atoms with Gasteiger partial charge >= 0.3 is 0 Å². The zero-order valence-corrected chi connectivity index (χ0v) is 9.68. The maximum atomic E-state index is 12.1. The molecule has 0 atom stereocenters. The second kappa shape index (κ2) is 3.75. The summed E-state index contributed by atoms with van der Waals surface area (Å²) in [6.07, 6.45) is 5.26. The summed E-state index contributed by atoms with van der Waals surface area (Å²) >= 11 is 0. The quantitative estimate of drug-likeness (QED) is 0.645. The fraction of sp³-hybridized carbons (Fsp3) is 0. The van der Waals surface area contributed by atoms with Crippen molar-refractivity contribution in [1.82, 2.24) is 9.97 Å². The third-order valence-corrected chi connectivity index (χ3v) is 2.91. The molecule has 2 N–H and O–H groups in total. The lowest BCUT2D eigenvalue weighted by atomic mass is 10.1. The van der Waals surface area contributed by atoms with E-state index in [1.807, 2.05) is 0 Å². The van der Waals surface area contributed by atoms with Crippen LogP contribution in [0.2, 0.25) is 0 Å². The van der Waals surface area contributed by atoms with E-state index in [4.69, 9.17) is 12.2 Å². The van der Waals surface area contributed by atoms with Crippen molar-refractivity contribution in [2.75, 3.05) is 0 Å². The Kier molecular flexibility index (Phi) is 2.19. The van der Waals surface area contributed by atoms with E-state index in [-0.39, 0.29) is 22.9 Å². The Morgan fingerprint density at radius 2 is 1.84 bits per heavy atom. The van der Waals surface area contributed by atoms with Crippen molar-refractivity contribution in [2.45, 2.75) is 0 Å². The lowest BCUT2D eigenvalue weighted by molar-refractivity contribution is 0.0991. The van der Waals surface area contributed by atoms with Crippen molar-refractivity contribution in [3.63, 3.8) is 0 Å². The number of carbonyl (C=O) groups excluding carboxylic acids is 2. The van der Waals surface area contributed by atoms with Gasteiger partial charge in [0.1, 0.15) is 17.1 Å². The van der Waals surface area contributed by atoms with Crippen molar-refractivity contribution in [3.05, 3.63) is 46.9 Å². The molecule has 0 bridgehead atoms. The molecule has 19 heavy (non-hydrogen) atoms. The summed E-state index contributed by atoms with van der Waals surface area (Å²) < 4.78 is 0. The van der Waals surface area contributed by atoms with Gasteiger partial charge in [0.05, 0.1) is 0 Å². The van der Waals surface area contributed by atoms with E-state index in [9.17, 15) is 9.59 Å². The van der Waals surface area contributed by atoms with E-state index in [1.54, 1.807) is 24.3 Å². The van der Waals surface area contributed by atoms with E-state index < -0.39 is 5.91 Å². The fourth-order valence-corrected chi connectivity index (χ4v) is 2.07. The van der Waals surface area contributed by atoms with Gasteiger partial charge in [-0.3, -0.25) is 9.59 Å². The van der Waals surface area contributed by atoms with Crippen molar-refractivity contribution in [1.29, 1.82) is 0 Å². The van der Waals surface area contributed by atoms with E-state index in [1.165, 1.54) is 0 Å². The Balaban J connectivity index is 2.37. The topological polar surface area (TPSA) is 85.9 Å². The summed E-state index contributed by atoms with van der Waals surface area (Å²) in [7, 11) is 0. The molecule has 1 heterocycles. The normalized spacial score (nSPS) is 11.6. The van der Waals surface area contributed by atoms with Crippen LogP contribution in [-0.2, 0) is 0 Å². The molecule has 0 saturated carbocycles. The highest BCUT2D eigenvalue weighted by atomic mass is 16.1. The largest absolute Gasteiger partial charge is 0.364 e. The first-order valence-corrected chi connectivity index (χ1v) is 5.46. The van der Waals surface area contributed by atoms with Crippen LogP contribution < -0.4 is 5.73 Å². The lowest BCUT2D eigenvalue weighted by Crippen LogP contribution is -2.17. The van der Waals surface area contributed by atoms with Crippen LogP contribution in [0, 0.1) is 12.3 Å². The summed E-state index contributed by atoms with van der Waals surface area (Å²) in [5, 5.41) is 0. The number of rotatable bonds is 1. The van der Waals surface area contributed by atoms with Gasteiger partial charge < -0.3 is 5.73 Å². The average molecular weight is 249 g/mol. The second-order valence-corrected chi connectivity index (χ2v) is 4.00. The van der Waals surface area contributed by atoms with Crippen LogP contribution >= 0.6 is 0 Å². The highest BCUT2D eigenvalue weighted by Crippen LogP contribution is 2.34. The molecule has 1 aliphatic rings. The van der Waals surface area contributed by atoms with Crippen molar-refractivity contribution in [3.8, 4) is 23.6 Å². The minimum atomic E-state index is -0.764. The van der Waals surface area contributed by atoms with Crippen LogP contribution in [0.25, 0.3) is 11.3 Å². The third kappa shape index (κ3) is 1.44. The maximum Gasteiger partial charge on any atom is 0.270 e. The Morgan fingerprint density at radius 3 is 2.47 bits per heavy atom. The number of primary amides is 1. The van der Waals surface area contributed by atoms with E-state index in [0.717, 1.165) is 0 Å². The first kappa shape index (κ1) is 11.1. The summed E-state index contributed by atoms with van der Waals surface area (Å²) in [5.41, 5.74) is 6.78. The highest BCUT2D eigenvalue weighted by Gasteiger charge is 2.31. The number of hydrogen-bond donors (Lipinski definition) is 1. The SMILES string of the molecule is C#Cc1nc2c(nc1C(N)=O)-c1ccccc1C2=O. The Hall–Kier alpha value is -3.00. The number of carbonyl (C=O) groups is 2. The van der Waals surface area contributed by atoms with E-state index in [0.29, 0.717) is 16.8 Å². The van der Waals surface area contributed by atoms with E-state index >= 15 is 0 Å². The molecule has 1 amide bonds. The Bertz CT molecular complexity index is 788. The Morgan fingerprint density at radius 1 is 1.16 bits per heavy atom. The third-order valence-electron chi connectivity index (χ3n) is 2.91. The molecule has 0 unspecified atom stereocenters. The van der Waals surface area contributed by atoms with Crippen LogP contribution in [0.5, 0.6) is 0 Å². The maximum absolute atomic E-state index is 12.1. The number of nitrogens with zero attached hydrogens (tertiary/aromatic N) is 2. The van der Waals surface area contributed by atoms with Gasteiger partial charge in [-0.05, 0) is 5.92 Å². The molecule has 0 saturated heterocycles. The molecular formula is C14H7N3O2. The van der Waals surface area contributed by atoms with Crippen LogP contribution in [-0.4, -0.2) is 21.7 Å². The van der Waals surface area contributed by atoms with Crippen molar-refractivity contribution < 1.29 is 9.59 Å². The zero-order valence-electron chi connectivity index (χ0n) is 9.68. The molecule has 0 fully saturated rings. The molecule has 1 aromatic heterocycles. The number of nitrogens with two attached hydrogens (primary N) is 1. The predicted molar refractivity (Wildman–Crippen MR) is 67.4 cm³/mol. The van der Waals surface area contributed by atoms with Crippen LogP contribution in [0.1, 0.15) is 32.2 Å². The molecule has 1 aromatic carbocycles. The number of aromatic nitrogens is 2. The van der Waals surface area contributed by atoms with Gasteiger partial charge in [-0.25, -0.2) is 9.97 Å². The van der Waals surface area contributed by atoms with Gasteiger partial charge in [-0.1, -0.05) is 24.3 Å². The van der Waals surface area contributed by atoms with Crippen molar-refractivity contribution >= 4 is 11.7 Å². The van der Waals surface area contributed by atoms with Gasteiger partial charge in [0.25, 0.3) is 5.91 Å². The Labute approximate surface area is 108 Å². The van der Waals surface area contributed by atoms with Gasteiger partial charge in [0.15, 0.2) is 5.69 Å². The van der Waals surface area contributed by atoms with Crippen LogP contribution in [0.3, 0.4) is 0 Å². The number of fused-ring (bicyclic) bond motifs is 3. The standard InChI is InChI=1S/C14H7N3O2/c1-2-9-11(14(15)19)17-10-7-5-3-4-6-8(7)13(18)12(10)16-9/h1,3-6H,(H2,15,19). The minimum absolute atomic E-state index is 0.00703. The van der Waals surface area contributed by atoms with Crippen molar-refractivity contribution in [2.24, 2.45) is 5.73 Å². The minimum Gasteiger partial charge on any atom is -0.364 e. The molecule has 0 aliphatic heterocycles. The predicted octanol–water partition coefficient (Wildman–Crippen LogP) is 0.768. The fourth-order valence-electron chi connectivity index (χ4n) is 2.07. The molecule has 0 spiro atoms. The summed E-state index contributed by atoms with van der Waals surface area (Å²) in [6, 6.07) is 6.95. The van der Waals surface area contributed by atoms with Gasteiger partial charge in [0, 0.05) is 11.1 Å². The molecule has 3 rings (SSSR count). The highest BCUT2D eigenvalue weighted by molar-refractivity contribution is 6.20. The molecule has 1 aliphatic carbocycles. The molecule has 5 nitrogen and oxygen atoms in total. The second-order valence-electron chi connectivity index (χ2n) is 4.00. The number of amides is 1. The van der Waals surface area contributed by atoms with Gasteiger partial charge in [-0.15, -0.1) is 6.42 Å². The van der Waals surface area contributed by atoms with Gasteiger partial charge in [-0.2, -0.15) is 0 Å². The number of terminal acetylenes is 1. The summed E-state index contributed by atoms with van der Waals surface area (Å²) in [4.78, 5) is 31.6. The molecular weight excluding hydrogens is 242 g/mol. The molecule has 90 valence electrons. The zero-order chi connectivity index (χ0) is 13.6. The number of ketones is 1. The van der Waals surface area contributed by atoms with Crippen LogP contribution in [0.4, 0.5) is 0 Å². The van der Waals surface area contributed by atoms with Crippen LogP contribution in [0.15, 0.2) is 24.3 Å². The van der Waals surface area contributed by atoms with Gasteiger partial charge in [0.2, 0.25) is 5.78 Å². The average Bonchev–Trinajstić information content (AvgIpc) is 2.71. The van der Waals surface area contributed by atoms with E-state index in [2.05, 4.69) is 15.9 Å². The molecule has 5 heteroatoms. The number of hydrogen-bond acceptors (Lipinski definition) is 4. The molecule has 2 aromatic rings. The first-order valence-electron chi connectivity index (χ1n) is 5.46. The molecule has 0 radical (unpaired) electrons. The number of benzene rings is 1. The smallest absolute Gasteiger partial charge is 0.270 e. The summed E-state index contributed by atoms with van der Waals surface area (Å²) in [6.45, 7) is 0. The lowest BCUT2D eigenvalue weighted by Gasteiger charge is -2.03. The monoisotopic (exact) mass is 249 g/mol.